The highest BCUT2D eigenvalue weighted by Crippen LogP contribution is 2.38. The number of aromatic nitrogens is 2. The van der Waals surface area contributed by atoms with Gasteiger partial charge in [-0.05, 0) is 42.4 Å². The third kappa shape index (κ3) is 1.68. The zero-order valence-corrected chi connectivity index (χ0v) is 9.00. The maximum absolute atomic E-state index is 4.17. The van der Waals surface area contributed by atoms with Gasteiger partial charge in [0.25, 0.3) is 0 Å². The third-order valence-corrected chi connectivity index (χ3v) is 2.88. The Kier molecular flexibility index (Phi) is 1.94. The Morgan fingerprint density at radius 3 is 2.92 bits per heavy atom. The Morgan fingerprint density at radius 1 is 1.58 bits per heavy atom. The summed E-state index contributed by atoms with van der Waals surface area (Å²) in [6, 6.07) is 0. The van der Waals surface area contributed by atoms with Crippen molar-refractivity contribution in [1.82, 2.24) is 9.97 Å². The van der Waals surface area contributed by atoms with E-state index in [-0.39, 0.29) is 0 Å². The fourth-order valence-electron chi connectivity index (χ4n) is 1.00. The molecule has 64 valence electrons. The molecule has 0 bridgehead atoms. The molecule has 0 aliphatic heterocycles. The van der Waals surface area contributed by atoms with Gasteiger partial charge in [-0.15, -0.1) is 0 Å². The number of hydrogen-bond donors (Lipinski definition) is 1. The van der Waals surface area contributed by atoms with Gasteiger partial charge in [-0.3, -0.25) is 0 Å². The lowest BCUT2D eigenvalue weighted by atomic mass is 10.3. The molecule has 1 fully saturated rings. The van der Waals surface area contributed by atoms with Crippen molar-refractivity contribution in [3.8, 4) is 0 Å². The fraction of sp³-hybridized carbons (Fsp3) is 0.500. The number of nitrogens with zero attached hydrogens (tertiary/aromatic N) is 2. The van der Waals surface area contributed by atoms with Crippen LogP contribution in [0.5, 0.6) is 0 Å². The first-order valence-electron chi connectivity index (χ1n) is 3.93. The molecule has 1 N–H and O–H groups in total. The van der Waals surface area contributed by atoms with E-state index in [4.69, 9.17) is 0 Å². The lowest BCUT2D eigenvalue weighted by Gasteiger charge is -2.12. The molecule has 0 unspecified atom stereocenters. The SMILES string of the molecule is CC1(Nc2ncncc2I)CC1. The van der Waals surface area contributed by atoms with E-state index in [1.54, 1.807) is 6.33 Å². The minimum atomic E-state index is 0.300. The van der Waals surface area contributed by atoms with Crippen LogP contribution in [0.4, 0.5) is 5.82 Å². The van der Waals surface area contributed by atoms with Gasteiger partial charge in [0, 0.05) is 11.7 Å². The molecule has 1 aromatic rings. The van der Waals surface area contributed by atoms with Crippen LogP contribution < -0.4 is 5.32 Å². The van der Waals surface area contributed by atoms with E-state index < -0.39 is 0 Å². The minimum absolute atomic E-state index is 0.300. The van der Waals surface area contributed by atoms with Gasteiger partial charge in [0.15, 0.2) is 0 Å². The molecular weight excluding hydrogens is 265 g/mol. The van der Waals surface area contributed by atoms with Crippen molar-refractivity contribution in [2.75, 3.05) is 5.32 Å². The van der Waals surface area contributed by atoms with E-state index in [1.165, 1.54) is 12.8 Å². The van der Waals surface area contributed by atoms with Crippen molar-refractivity contribution in [1.29, 1.82) is 0 Å². The van der Waals surface area contributed by atoms with Crippen LogP contribution in [0.15, 0.2) is 12.5 Å². The molecule has 1 heterocycles. The highest BCUT2D eigenvalue weighted by molar-refractivity contribution is 14.1. The van der Waals surface area contributed by atoms with Crippen molar-refractivity contribution in [2.45, 2.75) is 25.3 Å². The topological polar surface area (TPSA) is 37.8 Å². The Labute approximate surface area is 85.1 Å². The molecule has 12 heavy (non-hydrogen) atoms. The van der Waals surface area contributed by atoms with Crippen LogP contribution in [0, 0.1) is 3.57 Å². The smallest absolute Gasteiger partial charge is 0.143 e. The number of anilines is 1. The molecule has 1 aliphatic rings. The second kappa shape index (κ2) is 2.83. The van der Waals surface area contributed by atoms with Gasteiger partial charge in [0.05, 0.1) is 3.57 Å². The Hall–Kier alpha value is -0.390. The van der Waals surface area contributed by atoms with E-state index in [2.05, 4.69) is 44.8 Å². The van der Waals surface area contributed by atoms with Gasteiger partial charge in [0.1, 0.15) is 12.1 Å². The molecule has 0 atom stereocenters. The lowest BCUT2D eigenvalue weighted by molar-refractivity contribution is 0.817. The van der Waals surface area contributed by atoms with Gasteiger partial charge >= 0.3 is 0 Å². The standard InChI is InChI=1S/C8H10IN3/c1-8(2-3-8)12-7-6(9)4-10-5-11-7/h4-5H,2-3H2,1H3,(H,10,11,12). The summed E-state index contributed by atoms with van der Waals surface area (Å²) in [5.41, 5.74) is 0.300. The molecule has 0 radical (unpaired) electrons. The van der Waals surface area contributed by atoms with E-state index in [1.807, 2.05) is 6.20 Å². The van der Waals surface area contributed by atoms with Crippen LogP contribution >= 0.6 is 22.6 Å². The zero-order valence-electron chi connectivity index (χ0n) is 6.84. The van der Waals surface area contributed by atoms with Gasteiger partial charge < -0.3 is 5.32 Å². The third-order valence-electron chi connectivity index (χ3n) is 2.09. The van der Waals surface area contributed by atoms with Crippen molar-refractivity contribution >= 4 is 28.4 Å². The lowest BCUT2D eigenvalue weighted by Crippen LogP contribution is -2.17. The van der Waals surface area contributed by atoms with Crippen LogP contribution in [-0.2, 0) is 0 Å². The van der Waals surface area contributed by atoms with E-state index in [9.17, 15) is 0 Å². The number of nitrogens with one attached hydrogen (secondary N) is 1. The quantitative estimate of drug-likeness (QED) is 0.839. The molecule has 2 rings (SSSR count). The minimum Gasteiger partial charge on any atom is -0.364 e. The number of rotatable bonds is 2. The predicted molar refractivity (Wildman–Crippen MR) is 56.0 cm³/mol. The van der Waals surface area contributed by atoms with Crippen molar-refractivity contribution < 1.29 is 0 Å². The highest BCUT2D eigenvalue weighted by Gasteiger charge is 2.37. The normalized spacial score (nSPS) is 18.8. The Balaban J connectivity index is 2.17. The highest BCUT2D eigenvalue weighted by atomic mass is 127. The molecule has 0 spiro atoms. The van der Waals surface area contributed by atoms with Gasteiger partial charge in [-0.2, -0.15) is 0 Å². The second-order valence-electron chi connectivity index (χ2n) is 3.40. The first-order valence-corrected chi connectivity index (χ1v) is 5.01. The summed E-state index contributed by atoms with van der Waals surface area (Å²) in [6.07, 6.45) is 5.89. The van der Waals surface area contributed by atoms with Crippen LogP contribution in [0.3, 0.4) is 0 Å². The summed E-state index contributed by atoms with van der Waals surface area (Å²) in [7, 11) is 0. The predicted octanol–water partition coefficient (Wildman–Crippen LogP) is 2.05. The van der Waals surface area contributed by atoms with Crippen molar-refractivity contribution in [2.24, 2.45) is 0 Å². The van der Waals surface area contributed by atoms with Gasteiger partial charge in [0.2, 0.25) is 0 Å². The summed E-state index contributed by atoms with van der Waals surface area (Å²) >= 11 is 2.24. The van der Waals surface area contributed by atoms with Crippen molar-refractivity contribution in [3.05, 3.63) is 16.1 Å². The van der Waals surface area contributed by atoms with Crippen LogP contribution in [0.25, 0.3) is 0 Å². The monoisotopic (exact) mass is 275 g/mol. The van der Waals surface area contributed by atoms with Crippen molar-refractivity contribution in [3.63, 3.8) is 0 Å². The van der Waals surface area contributed by atoms with Crippen LogP contribution in [0.1, 0.15) is 19.8 Å². The largest absolute Gasteiger partial charge is 0.364 e. The van der Waals surface area contributed by atoms with Crippen LogP contribution in [-0.4, -0.2) is 15.5 Å². The molecule has 1 saturated carbocycles. The van der Waals surface area contributed by atoms with Gasteiger partial charge in [-0.1, -0.05) is 0 Å². The molecular formula is C8H10IN3. The molecule has 0 saturated heterocycles. The molecule has 0 aromatic carbocycles. The fourth-order valence-corrected chi connectivity index (χ4v) is 1.44. The first-order chi connectivity index (χ1) is 5.70. The van der Waals surface area contributed by atoms with Crippen LogP contribution in [0.2, 0.25) is 0 Å². The number of hydrogen-bond acceptors (Lipinski definition) is 3. The summed E-state index contributed by atoms with van der Waals surface area (Å²) in [4.78, 5) is 8.11. The Morgan fingerprint density at radius 2 is 2.33 bits per heavy atom. The second-order valence-corrected chi connectivity index (χ2v) is 4.57. The summed E-state index contributed by atoms with van der Waals surface area (Å²) in [6.45, 7) is 2.21. The number of halogens is 1. The zero-order chi connectivity index (χ0) is 8.60. The average Bonchev–Trinajstić information content (AvgIpc) is 2.74. The maximum atomic E-state index is 4.17. The average molecular weight is 275 g/mol. The maximum Gasteiger partial charge on any atom is 0.143 e. The first kappa shape index (κ1) is 8.22. The molecule has 3 nitrogen and oxygen atoms in total. The Bertz CT molecular complexity index is 296. The molecule has 0 amide bonds. The summed E-state index contributed by atoms with van der Waals surface area (Å²) < 4.78 is 1.09. The summed E-state index contributed by atoms with van der Waals surface area (Å²) in [5, 5.41) is 3.40. The molecule has 4 heteroatoms. The summed E-state index contributed by atoms with van der Waals surface area (Å²) in [5.74, 6) is 0.964. The van der Waals surface area contributed by atoms with E-state index in [0.717, 1.165) is 9.39 Å². The molecule has 1 aliphatic carbocycles. The van der Waals surface area contributed by atoms with E-state index >= 15 is 0 Å². The molecule has 1 aromatic heterocycles. The van der Waals surface area contributed by atoms with E-state index in [0.29, 0.717) is 5.54 Å². The van der Waals surface area contributed by atoms with Gasteiger partial charge in [-0.25, -0.2) is 9.97 Å².